The average Bonchev–Trinajstić information content (AvgIpc) is 3.33. The number of carbonyl (C=O) groups is 3. The Morgan fingerprint density at radius 1 is 1.03 bits per heavy atom. The minimum atomic E-state index is -5.08. The molecule has 2 spiro atoms. The minimum Gasteiger partial charge on any atom is -0.475 e. The van der Waals surface area contributed by atoms with Crippen molar-refractivity contribution < 1.29 is 46.2 Å². The summed E-state index contributed by atoms with van der Waals surface area (Å²) in [6.07, 6.45) is -2.82. The van der Waals surface area contributed by atoms with Crippen LogP contribution in [0.4, 0.5) is 22.0 Å². The lowest BCUT2D eigenvalue weighted by atomic mass is 9.60. The van der Waals surface area contributed by atoms with E-state index in [2.05, 4.69) is 4.90 Å². The maximum Gasteiger partial charge on any atom is 0.490 e. The molecule has 4 rings (SSSR count). The van der Waals surface area contributed by atoms with Crippen molar-refractivity contribution in [2.45, 2.75) is 32.4 Å². The summed E-state index contributed by atoms with van der Waals surface area (Å²) in [5.74, 6) is -4.38. The van der Waals surface area contributed by atoms with Crippen molar-refractivity contribution in [2.75, 3.05) is 59.5 Å². The molecule has 8 nitrogen and oxygen atoms in total. The predicted octanol–water partition coefficient (Wildman–Crippen LogP) is 3.02. The topological polar surface area (TPSA) is 90.4 Å². The van der Waals surface area contributed by atoms with Gasteiger partial charge in [0, 0.05) is 70.0 Å². The number of carboxylic acid groups (broad SMARTS) is 1. The summed E-state index contributed by atoms with van der Waals surface area (Å²) in [4.78, 5) is 41.2. The van der Waals surface area contributed by atoms with Gasteiger partial charge >= 0.3 is 12.1 Å². The average molecular weight is 550 g/mol. The number of methoxy groups -OCH3 is 1. The summed E-state index contributed by atoms with van der Waals surface area (Å²) in [6.45, 7) is 7.42. The Kier molecular flexibility index (Phi) is 9.02. The Morgan fingerprint density at radius 3 is 2.08 bits per heavy atom. The lowest BCUT2D eigenvalue weighted by Crippen LogP contribution is -2.53. The molecule has 3 fully saturated rings. The van der Waals surface area contributed by atoms with Crippen molar-refractivity contribution in [3.05, 3.63) is 35.4 Å². The van der Waals surface area contributed by atoms with Crippen LogP contribution >= 0.6 is 0 Å². The summed E-state index contributed by atoms with van der Waals surface area (Å²) in [6, 6.07) is 2.93. The molecule has 2 amide bonds. The third kappa shape index (κ3) is 5.93. The molecule has 0 bridgehead atoms. The van der Waals surface area contributed by atoms with Crippen LogP contribution < -0.4 is 0 Å². The number of ether oxygens (including phenoxy) is 1. The predicted molar refractivity (Wildman–Crippen MR) is 125 cm³/mol. The van der Waals surface area contributed by atoms with Gasteiger partial charge in [-0.3, -0.25) is 14.5 Å². The third-order valence-corrected chi connectivity index (χ3v) is 7.89. The number of piperidine rings is 1. The van der Waals surface area contributed by atoms with E-state index < -0.39 is 29.2 Å². The lowest BCUT2D eigenvalue weighted by molar-refractivity contribution is -0.192. The number of rotatable bonds is 5. The van der Waals surface area contributed by atoms with Gasteiger partial charge in [-0.1, -0.05) is 0 Å². The van der Waals surface area contributed by atoms with E-state index in [0.29, 0.717) is 39.1 Å². The highest BCUT2D eigenvalue weighted by atomic mass is 19.4. The Bertz CT molecular complexity index is 1020. The Balaban J connectivity index is 0.000000505. The summed E-state index contributed by atoms with van der Waals surface area (Å²) >= 11 is 0. The number of benzene rings is 1. The monoisotopic (exact) mass is 549 g/mol. The number of hydrogen-bond acceptors (Lipinski definition) is 5. The maximum atomic E-state index is 13.6. The van der Waals surface area contributed by atoms with E-state index in [1.165, 1.54) is 0 Å². The van der Waals surface area contributed by atoms with Crippen molar-refractivity contribution >= 4 is 17.8 Å². The van der Waals surface area contributed by atoms with E-state index in [4.69, 9.17) is 14.6 Å². The van der Waals surface area contributed by atoms with Gasteiger partial charge in [-0.05, 0) is 38.3 Å². The molecule has 3 saturated heterocycles. The normalized spacial score (nSPS) is 23.2. The molecule has 13 heteroatoms. The standard InChI is InChI=1S/C23H31F2N3O3.C2HF3O2/c1-3-27-9-6-23(21(27)30)16-26(10-11-31-2)15-22(23)4-7-28(8-5-22)20(29)17-12-18(24)14-19(25)13-17;3-2(4,5)1(6)7/h12-14H,3-11,15-16H2,1-2H3;(H,6,7). The first-order valence-electron chi connectivity index (χ1n) is 12.3. The number of halogens is 5. The maximum absolute atomic E-state index is 13.6. The molecule has 1 aromatic carbocycles. The van der Waals surface area contributed by atoms with Crippen LogP contribution in [0.3, 0.4) is 0 Å². The molecule has 1 N–H and O–H groups in total. The fourth-order valence-electron chi connectivity index (χ4n) is 5.97. The van der Waals surface area contributed by atoms with Crippen molar-refractivity contribution in [1.82, 2.24) is 14.7 Å². The van der Waals surface area contributed by atoms with Crippen molar-refractivity contribution in [2.24, 2.45) is 10.8 Å². The first-order chi connectivity index (χ1) is 17.8. The smallest absolute Gasteiger partial charge is 0.475 e. The van der Waals surface area contributed by atoms with Crippen LogP contribution in [0, 0.1) is 22.5 Å². The number of amides is 2. The molecule has 3 heterocycles. The van der Waals surface area contributed by atoms with Crippen LogP contribution in [-0.4, -0.2) is 103 Å². The summed E-state index contributed by atoms with van der Waals surface area (Å²) in [5, 5.41) is 7.12. The molecule has 1 unspecified atom stereocenters. The highest BCUT2D eigenvalue weighted by molar-refractivity contribution is 5.94. The summed E-state index contributed by atoms with van der Waals surface area (Å²) < 4.78 is 64.2. The van der Waals surface area contributed by atoms with Gasteiger partial charge in [0.25, 0.3) is 5.91 Å². The van der Waals surface area contributed by atoms with Gasteiger partial charge < -0.3 is 19.6 Å². The van der Waals surface area contributed by atoms with E-state index >= 15 is 0 Å². The summed E-state index contributed by atoms with van der Waals surface area (Å²) in [7, 11) is 1.68. The second kappa shape index (κ2) is 11.5. The number of fused-ring (bicyclic) bond motifs is 1. The number of alkyl halides is 3. The van der Waals surface area contributed by atoms with Crippen LogP contribution in [0.5, 0.6) is 0 Å². The first-order valence-corrected chi connectivity index (χ1v) is 12.3. The van der Waals surface area contributed by atoms with Gasteiger partial charge in [-0.25, -0.2) is 13.6 Å². The molecular formula is C25H32F5N3O5. The van der Waals surface area contributed by atoms with E-state index in [0.717, 1.165) is 50.8 Å². The van der Waals surface area contributed by atoms with Crippen LogP contribution in [0.15, 0.2) is 18.2 Å². The molecule has 0 saturated carbocycles. The Labute approximate surface area is 217 Å². The zero-order valence-corrected chi connectivity index (χ0v) is 21.3. The highest BCUT2D eigenvalue weighted by Crippen LogP contribution is 2.57. The van der Waals surface area contributed by atoms with Crippen molar-refractivity contribution in [3.8, 4) is 0 Å². The zero-order chi connectivity index (χ0) is 28.3. The van der Waals surface area contributed by atoms with Crippen LogP contribution in [0.25, 0.3) is 0 Å². The van der Waals surface area contributed by atoms with Gasteiger partial charge in [-0.2, -0.15) is 13.2 Å². The van der Waals surface area contributed by atoms with Crippen molar-refractivity contribution in [1.29, 1.82) is 0 Å². The largest absolute Gasteiger partial charge is 0.490 e. The number of likely N-dealkylation sites (tertiary alicyclic amines) is 3. The second-order valence-corrected chi connectivity index (χ2v) is 9.95. The molecule has 1 atom stereocenters. The number of carboxylic acids is 1. The van der Waals surface area contributed by atoms with Crippen LogP contribution in [0.1, 0.15) is 36.5 Å². The van der Waals surface area contributed by atoms with Gasteiger partial charge in [0.2, 0.25) is 5.91 Å². The van der Waals surface area contributed by atoms with Gasteiger partial charge in [-0.15, -0.1) is 0 Å². The Morgan fingerprint density at radius 2 is 1.61 bits per heavy atom. The number of nitrogens with zero attached hydrogens (tertiary/aromatic N) is 3. The third-order valence-electron chi connectivity index (χ3n) is 7.89. The number of aliphatic carboxylic acids is 1. The fourth-order valence-corrected chi connectivity index (χ4v) is 5.97. The minimum absolute atomic E-state index is 0.0328. The van der Waals surface area contributed by atoms with E-state index in [9.17, 15) is 31.5 Å². The quantitative estimate of drug-likeness (QED) is 0.568. The lowest BCUT2D eigenvalue weighted by Gasteiger charge is -2.47. The number of carbonyl (C=O) groups excluding carboxylic acids is 2. The molecule has 212 valence electrons. The van der Waals surface area contributed by atoms with E-state index in [1.807, 2.05) is 11.8 Å². The van der Waals surface area contributed by atoms with Gasteiger partial charge in [0.15, 0.2) is 0 Å². The van der Waals surface area contributed by atoms with Crippen molar-refractivity contribution in [3.63, 3.8) is 0 Å². The molecule has 0 aliphatic carbocycles. The van der Waals surface area contributed by atoms with Gasteiger partial charge in [0.1, 0.15) is 11.6 Å². The molecule has 3 aliphatic rings. The van der Waals surface area contributed by atoms with Crippen LogP contribution in [-0.2, 0) is 14.3 Å². The SMILES string of the molecule is CCN1CCC2(CN(CCOC)CC23CCN(C(=O)c2cc(F)cc(F)c2)CC3)C1=O.O=C(O)C(F)(F)F. The molecule has 38 heavy (non-hydrogen) atoms. The van der Waals surface area contributed by atoms with Gasteiger partial charge in [0.05, 0.1) is 12.0 Å². The fraction of sp³-hybridized carbons (Fsp3) is 0.640. The Hall–Kier alpha value is -2.80. The van der Waals surface area contributed by atoms with E-state index in [1.54, 1.807) is 12.0 Å². The first kappa shape index (κ1) is 29.8. The molecule has 0 aromatic heterocycles. The molecule has 3 aliphatic heterocycles. The van der Waals surface area contributed by atoms with E-state index in [-0.39, 0.29) is 22.8 Å². The molecular weight excluding hydrogens is 517 g/mol. The molecule has 1 aromatic rings. The summed E-state index contributed by atoms with van der Waals surface area (Å²) in [5.41, 5.74) is -0.576. The van der Waals surface area contributed by atoms with Crippen LogP contribution in [0.2, 0.25) is 0 Å². The highest BCUT2D eigenvalue weighted by Gasteiger charge is 2.64. The molecule has 0 radical (unpaired) electrons. The second-order valence-electron chi connectivity index (χ2n) is 9.95. The number of hydrogen-bond donors (Lipinski definition) is 1. The zero-order valence-electron chi connectivity index (χ0n) is 21.3.